The zero-order valence-electron chi connectivity index (χ0n) is 18.5. The number of aliphatic carboxylic acids is 1. The minimum Gasteiger partial charge on any atom is -0.480 e. The molecule has 8 heteroatoms. The van der Waals surface area contributed by atoms with Crippen LogP contribution in [0, 0.1) is 0 Å². The predicted molar refractivity (Wildman–Crippen MR) is 125 cm³/mol. The van der Waals surface area contributed by atoms with E-state index in [1.807, 2.05) is 61.5 Å². The lowest BCUT2D eigenvalue weighted by Gasteiger charge is -2.21. The number of benzene rings is 2. The van der Waals surface area contributed by atoms with Crippen molar-refractivity contribution in [3.8, 4) is 0 Å². The molecule has 0 saturated heterocycles. The third kappa shape index (κ3) is 6.83. The Morgan fingerprint density at radius 3 is 2.45 bits per heavy atom. The predicted octanol–water partition coefficient (Wildman–Crippen LogP) is 3.77. The van der Waals surface area contributed by atoms with Crippen molar-refractivity contribution in [3.05, 3.63) is 71.9 Å². The molecule has 0 saturated carbocycles. The number of H-pyrrole nitrogens is 1. The van der Waals surface area contributed by atoms with Crippen LogP contribution < -0.4 is 10.6 Å². The van der Waals surface area contributed by atoms with Gasteiger partial charge in [0.1, 0.15) is 18.7 Å². The second kappa shape index (κ2) is 11.7. The van der Waals surface area contributed by atoms with Crippen LogP contribution in [0.2, 0.25) is 0 Å². The maximum absolute atomic E-state index is 12.9. The number of unbranched alkanes of at least 4 members (excludes halogenated alkanes) is 1. The van der Waals surface area contributed by atoms with Crippen molar-refractivity contribution in [2.24, 2.45) is 0 Å². The van der Waals surface area contributed by atoms with E-state index in [2.05, 4.69) is 15.6 Å². The number of hydrogen-bond donors (Lipinski definition) is 4. The molecule has 8 nitrogen and oxygen atoms in total. The van der Waals surface area contributed by atoms with Gasteiger partial charge in [0.15, 0.2) is 0 Å². The SMILES string of the molecule is CCCC[C@H](NC(=O)OCc1ccccc1)C(=O)N[C@H](Cc1c[nH]c2ccccc12)C(=O)O. The molecule has 0 aliphatic carbocycles. The molecule has 3 aromatic rings. The van der Waals surface area contributed by atoms with Gasteiger partial charge in [0, 0.05) is 23.5 Å². The number of aromatic nitrogens is 1. The molecule has 0 fully saturated rings. The van der Waals surface area contributed by atoms with E-state index in [4.69, 9.17) is 4.74 Å². The molecule has 2 amide bonds. The Kier molecular flexibility index (Phi) is 8.46. The van der Waals surface area contributed by atoms with Gasteiger partial charge in [-0.2, -0.15) is 0 Å². The number of nitrogens with one attached hydrogen (secondary N) is 3. The molecule has 2 aromatic carbocycles. The Morgan fingerprint density at radius 1 is 1.00 bits per heavy atom. The van der Waals surface area contributed by atoms with Crippen molar-refractivity contribution in [3.63, 3.8) is 0 Å². The summed E-state index contributed by atoms with van der Waals surface area (Å²) in [4.78, 5) is 40.2. The molecule has 0 aliphatic heterocycles. The fourth-order valence-corrected chi connectivity index (χ4v) is 3.58. The lowest BCUT2D eigenvalue weighted by molar-refractivity contribution is -0.142. The summed E-state index contributed by atoms with van der Waals surface area (Å²) < 4.78 is 5.22. The number of amides is 2. The minimum absolute atomic E-state index is 0.0765. The summed E-state index contributed by atoms with van der Waals surface area (Å²) in [6, 6.07) is 14.7. The van der Waals surface area contributed by atoms with Crippen molar-refractivity contribution in [2.45, 2.75) is 51.3 Å². The monoisotopic (exact) mass is 451 g/mol. The highest BCUT2D eigenvalue weighted by Crippen LogP contribution is 2.19. The number of carboxylic acids is 1. The van der Waals surface area contributed by atoms with Crippen LogP contribution in [0.25, 0.3) is 10.9 Å². The Labute approximate surface area is 192 Å². The van der Waals surface area contributed by atoms with Gasteiger partial charge in [0.05, 0.1) is 0 Å². The molecule has 0 spiro atoms. The molecule has 4 N–H and O–H groups in total. The van der Waals surface area contributed by atoms with Crippen LogP contribution in [0.4, 0.5) is 4.79 Å². The molecule has 0 radical (unpaired) electrons. The number of carbonyl (C=O) groups is 3. The van der Waals surface area contributed by atoms with Gasteiger partial charge in [0.2, 0.25) is 5.91 Å². The Morgan fingerprint density at radius 2 is 1.73 bits per heavy atom. The van der Waals surface area contributed by atoms with Crippen LogP contribution in [0.5, 0.6) is 0 Å². The summed E-state index contributed by atoms with van der Waals surface area (Å²) in [5, 5.41) is 15.8. The van der Waals surface area contributed by atoms with Crippen LogP contribution in [0.1, 0.15) is 37.3 Å². The van der Waals surface area contributed by atoms with E-state index < -0.39 is 30.1 Å². The molecule has 1 heterocycles. The molecule has 174 valence electrons. The second-order valence-corrected chi connectivity index (χ2v) is 7.86. The van der Waals surface area contributed by atoms with Crippen LogP contribution in [0.15, 0.2) is 60.8 Å². The number of ether oxygens (including phenoxy) is 1. The number of carbonyl (C=O) groups excluding carboxylic acids is 2. The average Bonchev–Trinajstić information content (AvgIpc) is 3.23. The van der Waals surface area contributed by atoms with E-state index in [1.165, 1.54) is 0 Å². The standard InChI is InChI=1S/C25H29N3O5/c1-2-3-12-21(28-25(32)33-16-17-9-5-4-6-10-17)23(29)27-22(24(30)31)14-18-15-26-20-13-8-7-11-19(18)20/h4-11,13,15,21-22,26H,2-3,12,14,16H2,1H3,(H,27,29)(H,28,32)(H,30,31)/t21-,22+/m0/s1. The smallest absolute Gasteiger partial charge is 0.408 e. The van der Waals surface area contributed by atoms with E-state index >= 15 is 0 Å². The summed E-state index contributed by atoms with van der Waals surface area (Å²) in [6.45, 7) is 2.05. The summed E-state index contributed by atoms with van der Waals surface area (Å²) in [7, 11) is 0. The van der Waals surface area contributed by atoms with E-state index in [0.717, 1.165) is 28.5 Å². The minimum atomic E-state index is -1.14. The molecule has 3 rings (SSSR count). The second-order valence-electron chi connectivity index (χ2n) is 7.86. The number of rotatable bonds is 11. The first-order valence-corrected chi connectivity index (χ1v) is 11.0. The normalized spacial score (nSPS) is 12.6. The topological polar surface area (TPSA) is 121 Å². The largest absolute Gasteiger partial charge is 0.480 e. The lowest BCUT2D eigenvalue weighted by Crippen LogP contribution is -2.52. The molecule has 2 atom stereocenters. The molecule has 0 unspecified atom stereocenters. The third-order valence-corrected chi connectivity index (χ3v) is 5.38. The van der Waals surface area contributed by atoms with E-state index in [1.54, 1.807) is 6.20 Å². The van der Waals surface area contributed by atoms with Crippen LogP contribution >= 0.6 is 0 Å². The van der Waals surface area contributed by atoms with Crippen LogP contribution in [-0.2, 0) is 27.4 Å². The zero-order valence-corrected chi connectivity index (χ0v) is 18.5. The summed E-state index contributed by atoms with van der Waals surface area (Å²) >= 11 is 0. The van der Waals surface area contributed by atoms with Gasteiger partial charge in [-0.05, 0) is 23.6 Å². The van der Waals surface area contributed by atoms with E-state index in [0.29, 0.717) is 12.8 Å². The lowest BCUT2D eigenvalue weighted by atomic mass is 10.0. The average molecular weight is 452 g/mol. The van der Waals surface area contributed by atoms with Gasteiger partial charge in [-0.15, -0.1) is 0 Å². The highest BCUT2D eigenvalue weighted by Gasteiger charge is 2.27. The maximum Gasteiger partial charge on any atom is 0.408 e. The van der Waals surface area contributed by atoms with Crippen molar-refractivity contribution in [1.29, 1.82) is 0 Å². The Bertz CT molecular complexity index is 1080. The zero-order chi connectivity index (χ0) is 23.6. The van der Waals surface area contributed by atoms with Gasteiger partial charge < -0.3 is 25.5 Å². The first kappa shape index (κ1) is 23.8. The summed E-state index contributed by atoms with van der Waals surface area (Å²) in [6.07, 6.45) is 3.03. The molecule has 1 aromatic heterocycles. The molecule has 0 aliphatic rings. The van der Waals surface area contributed by atoms with Crippen LogP contribution in [0.3, 0.4) is 0 Å². The highest BCUT2D eigenvalue weighted by molar-refractivity contribution is 5.90. The number of fused-ring (bicyclic) bond motifs is 1. The van der Waals surface area contributed by atoms with Gasteiger partial charge >= 0.3 is 12.1 Å². The van der Waals surface area contributed by atoms with Gasteiger partial charge in [0.25, 0.3) is 0 Å². The number of aromatic amines is 1. The number of carboxylic acid groups (broad SMARTS) is 1. The number of hydrogen-bond acceptors (Lipinski definition) is 4. The van der Waals surface area contributed by atoms with E-state index in [-0.39, 0.29) is 13.0 Å². The maximum atomic E-state index is 12.9. The van der Waals surface area contributed by atoms with Gasteiger partial charge in [-0.25, -0.2) is 9.59 Å². The molecular formula is C25H29N3O5. The fourth-order valence-electron chi connectivity index (χ4n) is 3.58. The molecule has 0 bridgehead atoms. The molecular weight excluding hydrogens is 422 g/mol. The van der Waals surface area contributed by atoms with E-state index in [9.17, 15) is 19.5 Å². The number of para-hydroxylation sites is 1. The van der Waals surface area contributed by atoms with Crippen LogP contribution in [-0.4, -0.2) is 40.1 Å². The summed E-state index contributed by atoms with van der Waals surface area (Å²) in [5.74, 6) is -1.69. The quantitative estimate of drug-likeness (QED) is 0.354. The van der Waals surface area contributed by atoms with Crippen molar-refractivity contribution >= 4 is 28.9 Å². The summed E-state index contributed by atoms with van der Waals surface area (Å²) in [5.41, 5.74) is 2.51. The van der Waals surface area contributed by atoms with Crippen molar-refractivity contribution in [2.75, 3.05) is 0 Å². The highest BCUT2D eigenvalue weighted by atomic mass is 16.5. The number of alkyl carbamates (subject to hydrolysis) is 1. The first-order valence-electron chi connectivity index (χ1n) is 11.0. The van der Waals surface area contributed by atoms with Gasteiger partial charge in [-0.3, -0.25) is 4.79 Å². The molecule has 33 heavy (non-hydrogen) atoms. The third-order valence-electron chi connectivity index (χ3n) is 5.38. The fraction of sp³-hybridized carbons (Fsp3) is 0.320. The Balaban J connectivity index is 1.63. The van der Waals surface area contributed by atoms with Crippen molar-refractivity contribution in [1.82, 2.24) is 15.6 Å². The first-order chi connectivity index (χ1) is 16.0. The van der Waals surface area contributed by atoms with Gasteiger partial charge in [-0.1, -0.05) is 68.3 Å². The van der Waals surface area contributed by atoms with Crippen molar-refractivity contribution < 1.29 is 24.2 Å². The Hall–Kier alpha value is -3.81.